The van der Waals surface area contributed by atoms with Crippen LogP contribution in [0.25, 0.3) is 16.9 Å². The minimum absolute atomic E-state index is 0.105. The highest BCUT2D eigenvalue weighted by molar-refractivity contribution is 8.00. The minimum atomic E-state index is -0.228. The van der Waals surface area contributed by atoms with Crippen LogP contribution in [0.15, 0.2) is 72.1 Å². The molecule has 39 heavy (non-hydrogen) atoms. The molecule has 1 aliphatic heterocycles. The van der Waals surface area contributed by atoms with Crippen molar-refractivity contribution in [2.75, 3.05) is 44.6 Å². The largest absolute Gasteiger partial charge is 0.497 e. The summed E-state index contributed by atoms with van der Waals surface area (Å²) in [5.41, 5.74) is 3.42. The van der Waals surface area contributed by atoms with Gasteiger partial charge in [0.05, 0.1) is 29.5 Å². The van der Waals surface area contributed by atoms with E-state index in [1.165, 1.54) is 0 Å². The van der Waals surface area contributed by atoms with E-state index >= 15 is 0 Å². The zero-order valence-corrected chi connectivity index (χ0v) is 23.5. The van der Waals surface area contributed by atoms with E-state index in [0.29, 0.717) is 25.4 Å². The Balaban J connectivity index is 1.68. The number of hydrogen-bond acceptors (Lipinski definition) is 7. The molecule has 1 N–H and O–H groups in total. The smallest absolute Gasteiger partial charge is 0.240 e. The molecule has 0 saturated heterocycles. The molecule has 0 bridgehead atoms. The summed E-state index contributed by atoms with van der Waals surface area (Å²) in [6, 6.07) is 21.6. The number of rotatable bonds is 10. The second-order valence-electron chi connectivity index (χ2n) is 8.94. The van der Waals surface area contributed by atoms with Crippen molar-refractivity contribution < 1.29 is 19.1 Å². The predicted molar refractivity (Wildman–Crippen MR) is 156 cm³/mol. The number of nitrogens with zero attached hydrogens (tertiary/aromatic N) is 3. The van der Waals surface area contributed by atoms with Crippen molar-refractivity contribution in [2.24, 2.45) is 0 Å². The van der Waals surface area contributed by atoms with Gasteiger partial charge >= 0.3 is 0 Å². The lowest BCUT2D eigenvalue weighted by Gasteiger charge is -2.23. The molecule has 0 radical (unpaired) electrons. The third-order valence-electron chi connectivity index (χ3n) is 6.40. The Labute approximate surface area is 235 Å². The fraction of sp³-hybridized carbons (Fsp3) is 0.276. The molecule has 8 nitrogen and oxygen atoms in total. The number of ether oxygens (including phenoxy) is 2. The summed E-state index contributed by atoms with van der Waals surface area (Å²) < 4.78 is 12.2. The number of anilines is 1. The standard InChI is InChI=1S/C29H30N4O4S2/c1-36-16-7-15-30-24(34)18-32-25(35)19-39-28(23-10-6-17-38-23)26-27(20-8-4-3-5-9-20)31-33(29(26)32)21-11-13-22(37-2)14-12-21/h3-6,8-14,17,28H,7,15-16,18-19H2,1-2H3,(H,30,34)/t28-/m1/s1. The van der Waals surface area contributed by atoms with Gasteiger partial charge in [-0.3, -0.25) is 14.5 Å². The Kier molecular flexibility index (Phi) is 8.65. The monoisotopic (exact) mass is 562 g/mol. The number of nitrogens with one attached hydrogen (secondary N) is 1. The number of thioether (sulfide) groups is 1. The molecule has 0 unspecified atom stereocenters. The Morgan fingerprint density at radius 1 is 1.08 bits per heavy atom. The first-order valence-electron chi connectivity index (χ1n) is 12.6. The molecule has 4 aromatic rings. The van der Waals surface area contributed by atoms with Crippen LogP contribution in [0.3, 0.4) is 0 Å². The number of fused-ring (bicyclic) bond motifs is 1. The molecule has 1 atom stereocenters. The number of carbonyl (C=O) groups excluding carboxylic acids is 2. The van der Waals surface area contributed by atoms with Gasteiger partial charge in [0.25, 0.3) is 0 Å². The summed E-state index contributed by atoms with van der Waals surface area (Å²) in [5.74, 6) is 1.20. The third-order valence-corrected chi connectivity index (χ3v) is 8.73. The van der Waals surface area contributed by atoms with Gasteiger partial charge in [-0.15, -0.1) is 23.1 Å². The van der Waals surface area contributed by atoms with Crippen LogP contribution >= 0.6 is 23.1 Å². The second-order valence-corrected chi connectivity index (χ2v) is 11.0. The lowest BCUT2D eigenvalue weighted by atomic mass is 10.0. The summed E-state index contributed by atoms with van der Waals surface area (Å²) in [7, 11) is 3.25. The van der Waals surface area contributed by atoms with E-state index in [-0.39, 0.29) is 29.4 Å². The van der Waals surface area contributed by atoms with Crippen molar-refractivity contribution in [3.63, 3.8) is 0 Å². The maximum Gasteiger partial charge on any atom is 0.240 e. The van der Waals surface area contributed by atoms with Gasteiger partial charge in [-0.2, -0.15) is 5.10 Å². The highest BCUT2D eigenvalue weighted by Gasteiger charge is 2.38. The Hall–Kier alpha value is -3.60. The number of benzene rings is 2. The van der Waals surface area contributed by atoms with E-state index in [4.69, 9.17) is 14.6 Å². The molecule has 0 spiro atoms. The van der Waals surface area contributed by atoms with Gasteiger partial charge < -0.3 is 14.8 Å². The SMILES string of the molecule is COCCCNC(=O)CN1C(=O)CS[C@H](c2cccs2)c2c(-c3ccccc3)nn(-c3ccc(OC)cc3)c21. The van der Waals surface area contributed by atoms with Crippen molar-refractivity contribution in [1.82, 2.24) is 15.1 Å². The van der Waals surface area contributed by atoms with E-state index in [1.54, 1.807) is 46.9 Å². The number of hydrogen-bond donors (Lipinski definition) is 1. The molecule has 3 heterocycles. The number of methoxy groups -OCH3 is 2. The molecule has 2 aromatic carbocycles. The van der Waals surface area contributed by atoms with E-state index in [9.17, 15) is 9.59 Å². The van der Waals surface area contributed by atoms with Gasteiger partial charge in [0, 0.05) is 36.3 Å². The van der Waals surface area contributed by atoms with Crippen LogP contribution < -0.4 is 15.0 Å². The summed E-state index contributed by atoms with van der Waals surface area (Å²) in [5, 5.41) is 9.94. The zero-order chi connectivity index (χ0) is 27.2. The average molecular weight is 563 g/mol. The Morgan fingerprint density at radius 2 is 1.87 bits per heavy atom. The van der Waals surface area contributed by atoms with Crippen LogP contribution in [0.4, 0.5) is 5.82 Å². The molecule has 0 aliphatic carbocycles. The third kappa shape index (κ3) is 5.88. The van der Waals surface area contributed by atoms with Crippen LogP contribution in [-0.2, 0) is 14.3 Å². The van der Waals surface area contributed by atoms with Gasteiger partial charge in [-0.05, 0) is 42.1 Å². The van der Waals surface area contributed by atoms with Crippen LogP contribution in [0.2, 0.25) is 0 Å². The van der Waals surface area contributed by atoms with E-state index in [2.05, 4.69) is 11.4 Å². The van der Waals surface area contributed by atoms with Gasteiger partial charge in [-0.25, -0.2) is 4.68 Å². The first-order valence-corrected chi connectivity index (χ1v) is 14.6. The molecule has 202 valence electrons. The maximum absolute atomic E-state index is 13.7. The number of amides is 2. The normalized spacial score (nSPS) is 15.1. The molecule has 10 heteroatoms. The molecular weight excluding hydrogens is 532 g/mol. The summed E-state index contributed by atoms with van der Waals surface area (Å²) >= 11 is 3.22. The number of carbonyl (C=O) groups is 2. The van der Waals surface area contributed by atoms with Crippen molar-refractivity contribution in [3.8, 4) is 22.7 Å². The zero-order valence-electron chi connectivity index (χ0n) is 21.8. The van der Waals surface area contributed by atoms with Crippen molar-refractivity contribution >= 4 is 40.7 Å². The molecule has 0 fully saturated rings. The van der Waals surface area contributed by atoms with Crippen molar-refractivity contribution in [1.29, 1.82) is 0 Å². The average Bonchev–Trinajstić information content (AvgIpc) is 3.61. The first kappa shape index (κ1) is 27.0. The molecule has 5 rings (SSSR count). The molecule has 2 aromatic heterocycles. The van der Waals surface area contributed by atoms with Gasteiger partial charge in [0.2, 0.25) is 11.8 Å². The number of aromatic nitrogens is 2. The van der Waals surface area contributed by atoms with E-state index in [0.717, 1.165) is 33.1 Å². The lowest BCUT2D eigenvalue weighted by molar-refractivity contribution is -0.122. The minimum Gasteiger partial charge on any atom is -0.497 e. The van der Waals surface area contributed by atoms with Crippen LogP contribution in [0.1, 0.15) is 22.1 Å². The van der Waals surface area contributed by atoms with Crippen LogP contribution in [0, 0.1) is 0 Å². The summed E-state index contributed by atoms with van der Waals surface area (Å²) in [6.45, 7) is 0.921. The summed E-state index contributed by atoms with van der Waals surface area (Å²) in [4.78, 5) is 29.5. The van der Waals surface area contributed by atoms with Crippen LogP contribution in [-0.4, -0.2) is 61.3 Å². The molecule has 0 saturated carbocycles. The lowest BCUT2D eigenvalue weighted by Crippen LogP contribution is -2.42. The van der Waals surface area contributed by atoms with E-state index in [1.807, 2.05) is 66.0 Å². The first-order chi connectivity index (χ1) is 19.1. The predicted octanol–water partition coefficient (Wildman–Crippen LogP) is 4.93. The Morgan fingerprint density at radius 3 is 2.56 bits per heavy atom. The molecule has 2 amide bonds. The van der Waals surface area contributed by atoms with E-state index < -0.39 is 0 Å². The number of thiophene rings is 1. The maximum atomic E-state index is 13.7. The van der Waals surface area contributed by atoms with Gasteiger partial charge in [0.1, 0.15) is 18.1 Å². The highest BCUT2D eigenvalue weighted by Crippen LogP contribution is 2.49. The quantitative estimate of drug-likeness (QED) is 0.276. The van der Waals surface area contributed by atoms with Gasteiger partial charge in [0.15, 0.2) is 0 Å². The summed E-state index contributed by atoms with van der Waals surface area (Å²) in [6.07, 6.45) is 0.694. The van der Waals surface area contributed by atoms with Gasteiger partial charge in [-0.1, -0.05) is 36.4 Å². The highest BCUT2D eigenvalue weighted by atomic mass is 32.2. The fourth-order valence-electron chi connectivity index (χ4n) is 4.54. The second kappa shape index (κ2) is 12.5. The topological polar surface area (TPSA) is 85.7 Å². The van der Waals surface area contributed by atoms with Crippen molar-refractivity contribution in [3.05, 3.63) is 82.6 Å². The molecular formula is C29H30N4O4S2. The molecule has 1 aliphatic rings. The fourth-order valence-corrected chi connectivity index (χ4v) is 6.72. The van der Waals surface area contributed by atoms with Crippen molar-refractivity contribution in [2.45, 2.75) is 11.7 Å². The van der Waals surface area contributed by atoms with Crippen LogP contribution in [0.5, 0.6) is 5.75 Å². The Bertz CT molecular complexity index is 1410.